The molecule has 0 aromatic carbocycles. The van der Waals surface area contributed by atoms with Gasteiger partial charge in [0.1, 0.15) is 0 Å². The fourth-order valence-electron chi connectivity index (χ4n) is 1.44. The second-order valence-electron chi connectivity index (χ2n) is 3.35. The summed E-state index contributed by atoms with van der Waals surface area (Å²) >= 11 is 0. The molecule has 0 aliphatic carbocycles. The standard InChI is InChI=1S/C12H10N2O2/c15-12(16)7-11-6-9(3-5-14-11)10-2-1-4-13-8-10/h1-6,8H,7H2,(H,15,16). The molecule has 16 heavy (non-hydrogen) atoms. The Morgan fingerprint density at radius 3 is 2.81 bits per heavy atom. The zero-order valence-electron chi connectivity index (χ0n) is 8.50. The first-order chi connectivity index (χ1) is 7.75. The lowest BCUT2D eigenvalue weighted by Crippen LogP contribution is -2.02. The minimum Gasteiger partial charge on any atom is -0.481 e. The Balaban J connectivity index is 2.33. The topological polar surface area (TPSA) is 63.1 Å². The minimum absolute atomic E-state index is 0.0614. The van der Waals surface area contributed by atoms with E-state index in [0.29, 0.717) is 5.69 Å². The molecule has 0 saturated carbocycles. The number of carboxylic acid groups (broad SMARTS) is 1. The average molecular weight is 214 g/mol. The van der Waals surface area contributed by atoms with Crippen molar-refractivity contribution in [3.8, 4) is 11.1 Å². The van der Waals surface area contributed by atoms with Crippen LogP contribution in [0.2, 0.25) is 0 Å². The molecule has 0 unspecified atom stereocenters. The van der Waals surface area contributed by atoms with E-state index in [1.165, 1.54) is 0 Å². The largest absolute Gasteiger partial charge is 0.481 e. The van der Waals surface area contributed by atoms with Crippen LogP contribution in [0, 0.1) is 0 Å². The number of aliphatic carboxylic acids is 1. The van der Waals surface area contributed by atoms with Crippen LogP contribution < -0.4 is 0 Å². The molecule has 0 radical (unpaired) electrons. The third-order valence-corrected chi connectivity index (χ3v) is 2.14. The number of rotatable bonds is 3. The van der Waals surface area contributed by atoms with Gasteiger partial charge in [0.05, 0.1) is 12.1 Å². The predicted octanol–water partition coefficient (Wildman–Crippen LogP) is 1.77. The Hall–Kier alpha value is -2.23. The van der Waals surface area contributed by atoms with E-state index in [0.717, 1.165) is 11.1 Å². The minimum atomic E-state index is -0.879. The molecule has 2 aromatic heterocycles. The number of hydrogen-bond donors (Lipinski definition) is 1. The zero-order chi connectivity index (χ0) is 11.4. The molecule has 0 spiro atoms. The molecule has 4 nitrogen and oxygen atoms in total. The first-order valence-corrected chi connectivity index (χ1v) is 4.83. The smallest absolute Gasteiger partial charge is 0.309 e. The molecular weight excluding hydrogens is 204 g/mol. The van der Waals surface area contributed by atoms with Crippen molar-refractivity contribution in [3.05, 3.63) is 48.5 Å². The van der Waals surface area contributed by atoms with Crippen LogP contribution in [-0.4, -0.2) is 21.0 Å². The molecule has 0 bridgehead atoms. The first-order valence-electron chi connectivity index (χ1n) is 4.83. The van der Waals surface area contributed by atoms with E-state index in [1.54, 1.807) is 24.7 Å². The van der Waals surface area contributed by atoms with E-state index in [1.807, 2.05) is 18.2 Å². The highest BCUT2D eigenvalue weighted by Crippen LogP contribution is 2.17. The summed E-state index contributed by atoms with van der Waals surface area (Å²) < 4.78 is 0. The second kappa shape index (κ2) is 4.53. The molecule has 0 atom stereocenters. The molecule has 0 amide bonds. The number of aromatic nitrogens is 2. The van der Waals surface area contributed by atoms with Gasteiger partial charge in [-0.15, -0.1) is 0 Å². The van der Waals surface area contributed by atoms with Gasteiger partial charge in [-0.3, -0.25) is 14.8 Å². The Morgan fingerprint density at radius 1 is 1.25 bits per heavy atom. The third kappa shape index (κ3) is 2.42. The van der Waals surface area contributed by atoms with Gasteiger partial charge in [0.2, 0.25) is 0 Å². The summed E-state index contributed by atoms with van der Waals surface area (Å²) in [6.45, 7) is 0. The maximum Gasteiger partial charge on any atom is 0.309 e. The van der Waals surface area contributed by atoms with E-state index < -0.39 is 5.97 Å². The summed E-state index contributed by atoms with van der Waals surface area (Å²) in [6.07, 6.45) is 4.98. The molecule has 2 heterocycles. The maximum absolute atomic E-state index is 10.6. The van der Waals surface area contributed by atoms with Crippen LogP contribution in [0.25, 0.3) is 11.1 Å². The molecule has 0 fully saturated rings. The van der Waals surface area contributed by atoms with Crippen molar-refractivity contribution in [2.45, 2.75) is 6.42 Å². The van der Waals surface area contributed by atoms with Crippen LogP contribution in [0.1, 0.15) is 5.69 Å². The number of pyridine rings is 2. The second-order valence-corrected chi connectivity index (χ2v) is 3.35. The van der Waals surface area contributed by atoms with Crippen LogP contribution >= 0.6 is 0 Å². The van der Waals surface area contributed by atoms with Crippen LogP contribution in [0.5, 0.6) is 0 Å². The van der Waals surface area contributed by atoms with Gasteiger partial charge >= 0.3 is 5.97 Å². The van der Waals surface area contributed by atoms with Crippen molar-refractivity contribution in [1.29, 1.82) is 0 Å². The first kappa shape index (κ1) is 10.3. The normalized spacial score (nSPS) is 10.0. The highest BCUT2D eigenvalue weighted by atomic mass is 16.4. The molecule has 0 saturated heterocycles. The van der Waals surface area contributed by atoms with Crippen molar-refractivity contribution >= 4 is 5.97 Å². The maximum atomic E-state index is 10.6. The van der Waals surface area contributed by atoms with Crippen molar-refractivity contribution in [2.24, 2.45) is 0 Å². The van der Waals surface area contributed by atoms with Gasteiger partial charge in [-0.25, -0.2) is 0 Å². The summed E-state index contributed by atoms with van der Waals surface area (Å²) in [4.78, 5) is 18.6. The quantitative estimate of drug-likeness (QED) is 0.845. The Bertz CT molecular complexity index is 497. The summed E-state index contributed by atoms with van der Waals surface area (Å²) in [5.74, 6) is -0.879. The van der Waals surface area contributed by atoms with Crippen molar-refractivity contribution in [1.82, 2.24) is 9.97 Å². The summed E-state index contributed by atoms with van der Waals surface area (Å²) in [5, 5.41) is 8.68. The van der Waals surface area contributed by atoms with E-state index in [4.69, 9.17) is 5.11 Å². The average Bonchev–Trinajstić information content (AvgIpc) is 2.30. The SMILES string of the molecule is O=C(O)Cc1cc(-c2cccnc2)ccn1. The molecule has 4 heteroatoms. The number of nitrogens with zero attached hydrogens (tertiary/aromatic N) is 2. The third-order valence-electron chi connectivity index (χ3n) is 2.14. The molecule has 80 valence electrons. The van der Waals surface area contributed by atoms with E-state index in [2.05, 4.69) is 9.97 Å². The van der Waals surface area contributed by atoms with Gasteiger partial charge in [0.15, 0.2) is 0 Å². The lowest BCUT2D eigenvalue weighted by molar-refractivity contribution is -0.136. The van der Waals surface area contributed by atoms with Crippen LogP contribution in [-0.2, 0) is 11.2 Å². The van der Waals surface area contributed by atoms with Gasteiger partial charge in [-0.2, -0.15) is 0 Å². The van der Waals surface area contributed by atoms with Gasteiger partial charge in [0.25, 0.3) is 0 Å². The van der Waals surface area contributed by atoms with E-state index >= 15 is 0 Å². The summed E-state index contributed by atoms with van der Waals surface area (Å²) in [6, 6.07) is 7.37. The van der Waals surface area contributed by atoms with Gasteiger partial charge in [0, 0.05) is 24.2 Å². The number of carbonyl (C=O) groups is 1. The van der Waals surface area contributed by atoms with Crippen molar-refractivity contribution in [3.63, 3.8) is 0 Å². The van der Waals surface area contributed by atoms with Gasteiger partial charge in [-0.05, 0) is 23.8 Å². The van der Waals surface area contributed by atoms with Crippen LogP contribution in [0.15, 0.2) is 42.9 Å². The summed E-state index contributed by atoms with van der Waals surface area (Å²) in [7, 11) is 0. The predicted molar refractivity (Wildman–Crippen MR) is 58.8 cm³/mol. The highest BCUT2D eigenvalue weighted by molar-refractivity contribution is 5.71. The molecule has 2 rings (SSSR count). The lowest BCUT2D eigenvalue weighted by Gasteiger charge is -2.02. The Morgan fingerprint density at radius 2 is 2.12 bits per heavy atom. The number of hydrogen-bond acceptors (Lipinski definition) is 3. The van der Waals surface area contributed by atoms with E-state index in [9.17, 15) is 4.79 Å². The van der Waals surface area contributed by atoms with E-state index in [-0.39, 0.29) is 6.42 Å². The fourth-order valence-corrected chi connectivity index (χ4v) is 1.44. The molecule has 0 aliphatic heterocycles. The zero-order valence-corrected chi connectivity index (χ0v) is 8.50. The van der Waals surface area contributed by atoms with Crippen LogP contribution in [0.4, 0.5) is 0 Å². The van der Waals surface area contributed by atoms with Gasteiger partial charge in [-0.1, -0.05) is 6.07 Å². The monoisotopic (exact) mass is 214 g/mol. The van der Waals surface area contributed by atoms with Crippen LogP contribution in [0.3, 0.4) is 0 Å². The molecule has 2 aromatic rings. The molecular formula is C12H10N2O2. The van der Waals surface area contributed by atoms with Crippen molar-refractivity contribution < 1.29 is 9.90 Å². The number of carboxylic acids is 1. The Kier molecular flexibility index (Phi) is 2.91. The highest BCUT2D eigenvalue weighted by Gasteiger charge is 2.04. The molecule has 1 N–H and O–H groups in total. The molecule has 0 aliphatic rings. The lowest BCUT2D eigenvalue weighted by atomic mass is 10.1. The Labute approximate surface area is 92.6 Å². The fraction of sp³-hybridized carbons (Fsp3) is 0.0833. The summed E-state index contributed by atoms with van der Waals surface area (Å²) in [5.41, 5.74) is 2.43. The van der Waals surface area contributed by atoms with Gasteiger partial charge < -0.3 is 5.11 Å². The van der Waals surface area contributed by atoms with Crippen molar-refractivity contribution in [2.75, 3.05) is 0 Å².